The second-order valence-corrected chi connectivity index (χ2v) is 5.71. The van der Waals surface area contributed by atoms with Crippen molar-refractivity contribution in [3.8, 4) is 0 Å². The number of nitrogens with one attached hydrogen (secondary N) is 2. The first kappa shape index (κ1) is 15.6. The molecule has 0 aromatic heterocycles. The summed E-state index contributed by atoms with van der Waals surface area (Å²) in [6.07, 6.45) is 0.146. The number of amides is 1. The molecule has 2 aliphatic heterocycles. The molecule has 0 spiro atoms. The maximum atomic E-state index is 12.0. The fraction of sp³-hybridized carbons (Fsp3) is 0.923. The summed E-state index contributed by atoms with van der Waals surface area (Å²) in [5.41, 5.74) is 0. The van der Waals surface area contributed by atoms with Crippen LogP contribution in [0.15, 0.2) is 0 Å². The molecular weight excluding hydrogens is 271 g/mol. The van der Waals surface area contributed by atoms with Crippen molar-refractivity contribution in [3.63, 3.8) is 0 Å². The number of hydrogen-bond acceptors (Lipinski definition) is 3. The summed E-state index contributed by atoms with van der Waals surface area (Å²) in [6, 6.07) is 0.594. The molecule has 1 unspecified atom stereocenters. The molecule has 7 heteroatoms. The molecular formula is C13H22F3N3O. The molecule has 1 amide bonds. The number of likely N-dealkylation sites (tertiary alicyclic amines) is 1. The fourth-order valence-corrected chi connectivity index (χ4v) is 3.09. The van der Waals surface area contributed by atoms with Crippen LogP contribution in [-0.2, 0) is 4.79 Å². The number of halogens is 3. The average molecular weight is 293 g/mol. The van der Waals surface area contributed by atoms with Crippen LogP contribution in [0.25, 0.3) is 0 Å². The topological polar surface area (TPSA) is 44.4 Å². The predicted molar refractivity (Wildman–Crippen MR) is 69.3 cm³/mol. The smallest absolute Gasteiger partial charge is 0.346 e. The van der Waals surface area contributed by atoms with E-state index < -0.39 is 18.6 Å². The Balaban J connectivity index is 1.65. The molecule has 0 aromatic carbocycles. The number of rotatable bonds is 4. The molecule has 0 aromatic rings. The molecule has 2 fully saturated rings. The summed E-state index contributed by atoms with van der Waals surface area (Å²) in [7, 11) is 0. The van der Waals surface area contributed by atoms with Gasteiger partial charge < -0.3 is 10.6 Å². The monoisotopic (exact) mass is 293 g/mol. The quantitative estimate of drug-likeness (QED) is 0.817. The second kappa shape index (κ2) is 6.76. The van der Waals surface area contributed by atoms with Crippen LogP contribution in [0.4, 0.5) is 13.2 Å². The van der Waals surface area contributed by atoms with Gasteiger partial charge in [-0.25, -0.2) is 0 Å². The Hall–Kier alpha value is -0.820. The van der Waals surface area contributed by atoms with Gasteiger partial charge in [0.15, 0.2) is 0 Å². The van der Waals surface area contributed by atoms with E-state index in [1.807, 2.05) is 10.2 Å². The van der Waals surface area contributed by atoms with Gasteiger partial charge in [0, 0.05) is 6.04 Å². The Labute approximate surface area is 117 Å². The van der Waals surface area contributed by atoms with Crippen molar-refractivity contribution in [2.45, 2.75) is 37.9 Å². The first-order chi connectivity index (χ1) is 9.44. The van der Waals surface area contributed by atoms with Crippen LogP contribution >= 0.6 is 0 Å². The summed E-state index contributed by atoms with van der Waals surface area (Å²) < 4.78 is 35.9. The van der Waals surface area contributed by atoms with E-state index in [1.54, 1.807) is 0 Å². The van der Waals surface area contributed by atoms with Gasteiger partial charge >= 0.3 is 6.18 Å². The summed E-state index contributed by atoms with van der Waals surface area (Å²) in [5, 5.41) is 5.41. The van der Waals surface area contributed by atoms with Gasteiger partial charge in [0.1, 0.15) is 6.54 Å². The van der Waals surface area contributed by atoms with Crippen LogP contribution in [-0.4, -0.2) is 55.7 Å². The van der Waals surface area contributed by atoms with E-state index in [9.17, 15) is 18.0 Å². The largest absolute Gasteiger partial charge is 0.405 e. The molecule has 0 aliphatic carbocycles. The van der Waals surface area contributed by atoms with E-state index >= 15 is 0 Å². The molecule has 2 N–H and O–H groups in total. The average Bonchev–Trinajstić information content (AvgIpc) is 2.90. The summed E-state index contributed by atoms with van der Waals surface area (Å²) in [4.78, 5) is 13.4. The number of piperidine rings is 1. The Bertz CT molecular complexity index is 321. The molecule has 4 nitrogen and oxygen atoms in total. The van der Waals surface area contributed by atoms with E-state index in [4.69, 9.17) is 0 Å². The zero-order valence-electron chi connectivity index (χ0n) is 11.5. The highest BCUT2D eigenvalue weighted by Gasteiger charge is 2.30. The summed E-state index contributed by atoms with van der Waals surface area (Å²) >= 11 is 0. The lowest BCUT2D eigenvalue weighted by Crippen LogP contribution is -2.46. The van der Waals surface area contributed by atoms with Gasteiger partial charge in [0.2, 0.25) is 5.91 Å². The highest BCUT2D eigenvalue weighted by molar-refractivity contribution is 5.78. The molecule has 2 aliphatic rings. The van der Waals surface area contributed by atoms with Crippen molar-refractivity contribution >= 4 is 5.91 Å². The van der Waals surface area contributed by atoms with Crippen LogP contribution in [0.3, 0.4) is 0 Å². The van der Waals surface area contributed by atoms with Gasteiger partial charge in [-0.3, -0.25) is 9.69 Å². The molecule has 116 valence electrons. The Morgan fingerprint density at radius 3 is 2.50 bits per heavy atom. The first-order valence-corrected chi connectivity index (χ1v) is 7.23. The van der Waals surface area contributed by atoms with E-state index in [0.717, 1.165) is 32.5 Å². The van der Waals surface area contributed by atoms with Crippen molar-refractivity contribution < 1.29 is 18.0 Å². The number of carbonyl (C=O) groups excluding carboxylic acids is 1. The highest BCUT2D eigenvalue weighted by atomic mass is 19.4. The third-order valence-electron chi connectivity index (χ3n) is 4.15. The lowest BCUT2D eigenvalue weighted by molar-refractivity contribution is -0.139. The number of hydrogen-bond donors (Lipinski definition) is 2. The standard InChI is InChI=1S/C13H22F3N3O/c14-13(15,16)9-18-12(20)8-19-6-3-10(4-7-19)11-2-1-5-17-11/h10-11,17H,1-9H2,(H,18,20). The van der Waals surface area contributed by atoms with Crippen molar-refractivity contribution in [2.75, 3.05) is 32.7 Å². The molecule has 1 atom stereocenters. The molecule has 0 radical (unpaired) electrons. The highest BCUT2D eigenvalue weighted by Crippen LogP contribution is 2.25. The Morgan fingerprint density at radius 1 is 1.25 bits per heavy atom. The number of alkyl halides is 3. The van der Waals surface area contributed by atoms with Gasteiger partial charge in [-0.2, -0.15) is 13.2 Å². The van der Waals surface area contributed by atoms with Crippen LogP contribution in [0, 0.1) is 5.92 Å². The van der Waals surface area contributed by atoms with Gasteiger partial charge in [-0.1, -0.05) is 0 Å². The van der Waals surface area contributed by atoms with Gasteiger partial charge in [0.05, 0.1) is 6.54 Å². The third kappa shape index (κ3) is 4.94. The van der Waals surface area contributed by atoms with Crippen LogP contribution in [0.2, 0.25) is 0 Å². The van der Waals surface area contributed by atoms with Crippen molar-refractivity contribution in [2.24, 2.45) is 5.92 Å². The molecule has 2 heterocycles. The fourth-order valence-electron chi connectivity index (χ4n) is 3.09. The van der Waals surface area contributed by atoms with E-state index in [-0.39, 0.29) is 6.54 Å². The zero-order chi connectivity index (χ0) is 14.6. The van der Waals surface area contributed by atoms with Crippen LogP contribution in [0.1, 0.15) is 25.7 Å². The van der Waals surface area contributed by atoms with E-state index in [0.29, 0.717) is 12.0 Å². The van der Waals surface area contributed by atoms with Crippen molar-refractivity contribution in [3.05, 3.63) is 0 Å². The molecule has 2 saturated heterocycles. The molecule has 2 rings (SSSR count). The maximum Gasteiger partial charge on any atom is 0.405 e. The van der Waals surface area contributed by atoms with Gasteiger partial charge in [-0.15, -0.1) is 0 Å². The Morgan fingerprint density at radius 2 is 1.95 bits per heavy atom. The van der Waals surface area contributed by atoms with Crippen LogP contribution < -0.4 is 10.6 Å². The minimum Gasteiger partial charge on any atom is -0.346 e. The molecule has 0 bridgehead atoms. The van der Waals surface area contributed by atoms with Crippen molar-refractivity contribution in [1.29, 1.82) is 0 Å². The van der Waals surface area contributed by atoms with E-state index in [2.05, 4.69) is 5.32 Å². The number of nitrogens with zero attached hydrogens (tertiary/aromatic N) is 1. The normalized spacial score (nSPS) is 25.9. The summed E-state index contributed by atoms with van der Waals surface area (Å²) in [6.45, 7) is 1.50. The predicted octanol–water partition coefficient (Wildman–Crippen LogP) is 1.13. The third-order valence-corrected chi connectivity index (χ3v) is 4.15. The lowest BCUT2D eigenvalue weighted by atomic mass is 9.88. The van der Waals surface area contributed by atoms with Crippen molar-refractivity contribution in [1.82, 2.24) is 15.5 Å². The van der Waals surface area contributed by atoms with Gasteiger partial charge in [-0.05, 0) is 51.2 Å². The minimum atomic E-state index is -4.34. The number of carbonyl (C=O) groups is 1. The Kier molecular flexibility index (Phi) is 5.26. The lowest BCUT2D eigenvalue weighted by Gasteiger charge is -2.34. The first-order valence-electron chi connectivity index (χ1n) is 7.23. The second-order valence-electron chi connectivity index (χ2n) is 5.71. The minimum absolute atomic E-state index is 0.0703. The molecule has 20 heavy (non-hydrogen) atoms. The zero-order valence-corrected chi connectivity index (χ0v) is 11.5. The SMILES string of the molecule is O=C(CN1CCC(C2CCCN2)CC1)NCC(F)(F)F. The summed E-state index contributed by atoms with van der Waals surface area (Å²) in [5.74, 6) is 0.103. The maximum absolute atomic E-state index is 12.0. The van der Waals surface area contributed by atoms with Gasteiger partial charge in [0.25, 0.3) is 0 Å². The van der Waals surface area contributed by atoms with Crippen LogP contribution in [0.5, 0.6) is 0 Å². The molecule has 0 saturated carbocycles. The van der Waals surface area contributed by atoms with E-state index in [1.165, 1.54) is 12.8 Å².